The molecule has 3 aromatic rings. The minimum absolute atomic E-state index is 0.152. The fourth-order valence-electron chi connectivity index (χ4n) is 4.72. The number of benzene rings is 2. The van der Waals surface area contributed by atoms with Crippen molar-refractivity contribution < 1.29 is 27.8 Å². The molecule has 0 radical (unpaired) electrons. The van der Waals surface area contributed by atoms with Gasteiger partial charge in [0.05, 0.1) is 17.6 Å². The number of imidazole rings is 1. The van der Waals surface area contributed by atoms with Crippen LogP contribution in [0.1, 0.15) is 55.9 Å². The van der Waals surface area contributed by atoms with Crippen LogP contribution >= 0.6 is 0 Å². The number of carbonyl (C=O) groups excluding carboxylic acids is 1. The molecule has 0 aliphatic heterocycles. The third kappa shape index (κ3) is 6.05. The second-order valence-corrected chi connectivity index (χ2v) is 9.60. The number of aliphatic hydroxyl groups excluding tert-OH is 1. The second kappa shape index (κ2) is 9.77. The fraction of sp³-hybridized carbons (Fsp3) is 0.440. The first kappa shape index (κ1) is 24.8. The van der Waals surface area contributed by atoms with E-state index in [-0.39, 0.29) is 36.3 Å². The van der Waals surface area contributed by atoms with Crippen LogP contribution in [-0.2, 0) is 0 Å². The third-order valence-electron chi connectivity index (χ3n) is 6.24. The molecule has 0 saturated heterocycles. The van der Waals surface area contributed by atoms with Crippen molar-refractivity contribution in [2.45, 2.75) is 51.9 Å². The maximum Gasteiger partial charge on any atom is 0.573 e. The molecule has 1 atom stereocenters. The number of fused-ring (bicyclic) bond motifs is 1. The molecule has 1 heterocycles. The Kier molecular flexibility index (Phi) is 6.93. The Morgan fingerprint density at radius 3 is 2.63 bits per heavy atom. The van der Waals surface area contributed by atoms with E-state index in [0.717, 1.165) is 31.2 Å². The molecule has 0 spiro atoms. The molecule has 2 aromatic carbocycles. The fourth-order valence-corrected chi connectivity index (χ4v) is 4.72. The number of amides is 1. The van der Waals surface area contributed by atoms with E-state index in [4.69, 9.17) is 10.1 Å². The third-order valence-corrected chi connectivity index (χ3v) is 6.24. The minimum atomic E-state index is -4.75. The Labute approximate surface area is 201 Å². The van der Waals surface area contributed by atoms with Crippen molar-refractivity contribution in [3.8, 4) is 5.75 Å². The number of carbonyl (C=O) groups is 1. The lowest BCUT2D eigenvalue weighted by atomic mass is 9.75. The number of hydrogen-bond donors (Lipinski definition) is 3. The first-order valence-corrected chi connectivity index (χ1v) is 11.6. The first-order valence-electron chi connectivity index (χ1n) is 11.6. The number of aliphatic hydroxyl groups is 1. The van der Waals surface area contributed by atoms with Crippen LogP contribution in [0.3, 0.4) is 0 Å². The van der Waals surface area contributed by atoms with Crippen LogP contribution < -0.4 is 15.4 Å². The molecular weight excluding hydrogens is 461 g/mol. The van der Waals surface area contributed by atoms with Gasteiger partial charge in [-0.25, -0.2) is 4.98 Å². The van der Waals surface area contributed by atoms with E-state index in [9.17, 15) is 18.0 Å². The molecule has 0 bridgehead atoms. The number of hydrogen-bond acceptors (Lipinski definition) is 5. The maximum atomic E-state index is 12.5. The second-order valence-electron chi connectivity index (χ2n) is 9.60. The predicted molar refractivity (Wildman–Crippen MR) is 127 cm³/mol. The molecule has 4 rings (SSSR count). The van der Waals surface area contributed by atoms with E-state index in [0.29, 0.717) is 22.7 Å². The van der Waals surface area contributed by atoms with Gasteiger partial charge in [0.2, 0.25) is 5.95 Å². The summed E-state index contributed by atoms with van der Waals surface area (Å²) in [6.07, 6.45) is -0.626. The van der Waals surface area contributed by atoms with E-state index in [2.05, 4.69) is 33.8 Å². The summed E-state index contributed by atoms with van der Waals surface area (Å²) in [5.41, 5.74) is 2.65. The number of nitrogens with zero attached hydrogens (tertiary/aromatic N) is 2. The van der Waals surface area contributed by atoms with E-state index < -0.39 is 6.36 Å². The lowest BCUT2D eigenvalue weighted by Gasteiger charge is -2.36. The number of alkyl halides is 3. The van der Waals surface area contributed by atoms with Gasteiger partial charge in [-0.3, -0.25) is 4.79 Å². The molecule has 1 fully saturated rings. The van der Waals surface area contributed by atoms with Gasteiger partial charge in [-0.05, 0) is 67.1 Å². The van der Waals surface area contributed by atoms with Crippen molar-refractivity contribution in [1.82, 2.24) is 14.9 Å². The molecule has 3 N–H and O–H groups in total. The average molecular weight is 491 g/mol. The molecule has 1 saturated carbocycles. The summed E-state index contributed by atoms with van der Waals surface area (Å²) in [6, 6.07) is 11.0. The highest BCUT2D eigenvalue weighted by atomic mass is 19.4. The minimum Gasteiger partial charge on any atom is -0.406 e. The van der Waals surface area contributed by atoms with Crippen molar-refractivity contribution in [1.29, 1.82) is 0 Å². The van der Waals surface area contributed by atoms with Crippen LogP contribution in [0.25, 0.3) is 11.0 Å². The highest BCUT2D eigenvalue weighted by molar-refractivity contribution is 5.97. The molecule has 35 heavy (non-hydrogen) atoms. The van der Waals surface area contributed by atoms with Crippen molar-refractivity contribution in [3.63, 3.8) is 0 Å². The summed E-state index contributed by atoms with van der Waals surface area (Å²) < 4.78 is 43.6. The Hall–Kier alpha value is -3.27. The van der Waals surface area contributed by atoms with Gasteiger partial charge in [-0.15, -0.1) is 13.2 Å². The number of rotatable bonds is 7. The summed E-state index contributed by atoms with van der Waals surface area (Å²) in [5, 5.41) is 14.9. The zero-order valence-corrected chi connectivity index (χ0v) is 19.7. The zero-order chi connectivity index (χ0) is 25.2. The Morgan fingerprint density at radius 1 is 1.23 bits per heavy atom. The summed E-state index contributed by atoms with van der Waals surface area (Å²) in [6.45, 7) is 4.49. The van der Waals surface area contributed by atoms with E-state index in [1.165, 1.54) is 24.3 Å². The Morgan fingerprint density at radius 2 is 1.97 bits per heavy atom. The largest absolute Gasteiger partial charge is 0.573 e. The van der Waals surface area contributed by atoms with Crippen LogP contribution in [0.5, 0.6) is 5.75 Å². The number of anilines is 2. The Bertz CT molecular complexity index is 1190. The molecular formula is C25H29F3N4O3. The molecule has 1 amide bonds. The van der Waals surface area contributed by atoms with Gasteiger partial charge in [0.1, 0.15) is 5.75 Å². The van der Waals surface area contributed by atoms with E-state index >= 15 is 0 Å². The van der Waals surface area contributed by atoms with Gasteiger partial charge >= 0.3 is 6.36 Å². The molecule has 1 aliphatic carbocycles. The quantitative estimate of drug-likeness (QED) is 0.405. The van der Waals surface area contributed by atoms with Crippen molar-refractivity contribution >= 4 is 28.6 Å². The summed E-state index contributed by atoms with van der Waals surface area (Å²) >= 11 is 0. The zero-order valence-electron chi connectivity index (χ0n) is 19.7. The van der Waals surface area contributed by atoms with Crippen molar-refractivity contribution in [2.75, 3.05) is 18.5 Å². The molecule has 7 nitrogen and oxygen atoms in total. The smallest absolute Gasteiger partial charge is 0.406 e. The van der Waals surface area contributed by atoms with Gasteiger partial charge in [-0.1, -0.05) is 20.3 Å². The lowest BCUT2D eigenvalue weighted by molar-refractivity contribution is -0.274. The van der Waals surface area contributed by atoms with Gasteiger partial charge in [0.25, 0.3) is 5.91 Å². The monoisotopic (exact) mass is 490 g/mol. The maximum absolute atomic E-state index is 12.5. The average Bonchev–Trinajstić information content (AvgIpc) is 3.14. The van der Waals surface area contributed by atoms with Gasteiger partial charge in [-0.2, -0.15) is 0 Å². The van der Waals surface area contributed by atoms with Crippen LogP contribution in [0.2, 0.25) is 0 Å². The van der Waals surface area contributed by atoms with Gasteiger partial charge < -0.3 is 25.0 Å². The number of aromatic nitrogens is 2. The van der Waals surface area contributed by atoms with Crippen molar-refractivity contribution in [2.24, 2.45) is 5.41 Å². The topological polar surface area (TPSA) is 88.4 Å². The predicted octanol–water partition coefficient (Wildman–Crippen LogP) is 5.54. The van der Waals surface area contributed by atoms with Crippen molar-refractivity contribution in [3.05, 3.63) is 48.0 Å². The number of halogens is 3. The summed E-state index contributed by atoms with van der Waals surface area (Å²) in [5.74, 6) is -0.0479. The molecule has 188 valence electrons. The SMILES string of the molecule is CC1(C)CCC[C@H](n2c(Nc3ccc(OC(F)(F)F)cc3)nc3cc(C(=O)NCCO)ccc32)C1. The molecule has 1 aromatic heterocycles. The normalized spacial score (nSPS) is 17.8. The van der Waals surface area contributed by atoms with Crippen LogP contribution in [-0.4, -0.2) is 40.1 Å². The van der Waals surface area contributed by atoms with Crippen LogP contribution in [0, 0.1) is 5.41 Å². The summed E-state index contributed by atoms with van der Waals surface area (Å²) in [4.78, 5) is 17.1. The standard InChI is InChI=1S/C25H29F3N4O3/c1-24(2)11-3-4-18(15-24)32-21-10-5-16(22(34)29-12-13-33)14-20(21)31-23(32)30-17-6-8-19(9-7-17)35-25(26,27)28/h5-10,14,18,33H,3-4,11-13,15H2,1-2H3,(H,29,34)(H,30,31)/t18-/m0/s1. The Balaban J connectivity index is 1.69. The molecule has 1 aliphatic rings. The number of ether oxygens (including phenoxy) is 1. The van der Waals surface area contributed by atoms with E-state index in [1.807, 2.05) is 6.07 Å². The van der Waals surface area contributed by atoms with Crippen LogP contribution in [0.4, 0.5) is 24.8 Å². The van der Waals surface area contributed by atoms with Crippen LogP contribution in [0.15, 0.2) is 42.5 Å². The highest BCUT2D eigenvalue weighted by Gasteiger charge is 2.32. The first-order chi connectivity index (χ1) is 16.5. The molecule has 10 heteroatoms. The van der Waals surface area contributed by atoms with Gasteiger partial charge in [0, 0.05) is 23.8 Å². The van der Waals surface area contributed by atoms with Gasteiger partial charge in [0.15, 0.2) is 0 Å². The summed E-state index contributed by atoms with van der Waals surface area (Å²) in [7, 11) is 0. The number of nitrogens with one attached hydrogen (secondary N) is 2. The highest BCUT2D eigenvalue weighted by Crippen LogP contribution is 2.43. The lowest BCUT2D eigenvalue weighted by Crippen LogP contribution is -2.26. The molecule has 0 unspecified atom stereocenters. The van der Waals surface area contributed by atoms with E-state index in [1.54, 1.807) is 12.1 Å².